The van der Waals surface area contributed by atoms with Crippen molar-refractivity contribution in [2.45, 2.75) is 31.2 Å². The van der Waals surface area contributed by atoms with Gasteiger partial charge in [0.2, 0.25) is 0 Å². The molecule has 3 heterocycles. The van der Waals surface area contributed by atoms with Gasteiger partial charge in [0.15, 0.2) is 10.8 Å². The lowest BCUT2D eigenvalue weighted by Gasteiger charge is -2.05. The number of nitrogens with one attached hydrogen (secondary N) is 1. The second-order valence-corrected chi connectivity index (χ2v) is 7.50. The highest BCUT2D eigenvalue weighted by Crippen LogP contribution is 2.29. The van der Waals surface area contributed by atoms with Crippen LogP contribution in [0.1, 0.15) is 24.0 Å². The second-order valence-electron chi connectivity index (χ2n) is 6.56. The summed E-state index contributed by atoms with van der Waals surface area (Å²) in [5.41, 5.74) is 4.98. The van der Waals surface area contributed by atoms with Crippen LogP contribution in [0.25, 0.3) is 16.8 Å². The van der Waals surface area contributed by atoms with Gasteiger partial charge < -0.3 is 4.74 Å². The Morgan fingerprint density at radius 1 is 1.17 bits per heavy atom. The monoisotopic (exact) mass is 407 g/mol. The Morgan fingerprint density at radius 3 is 2.66 bits per heavy atom. The predicted octanol–water partition coefficient (Wildman–Crippen LogP) is 3.65. The van der Waals surface area contributed by atoms with Gasteiger partial charge >= 0.3 is 0 Å². The maximum absolute atomic E-state index is 12.7. The number of rotatable bonds is 6. The molecule has 0 saturated heterocycles. The van der Waals surface area contributed by atoms with Crippen LogP contribution in [0.5, 0.6) is 5.75 Å². The fourth-order valence-corrected chi connectivity index (χ4v) is 3.92. The van der Waals surface area contributed by atoms with Gasteiger partial charge in [0.1, 0.15) is 5.75 Å². The third kappa shape index (κ3) is 3.88. The molecular formula is C21H21N5O2S. The third-order valence-corrected chi connectivity index (χ3v) is 5.49. The van der Waals surface area contributed by atoms with Crippen molar-refractivity contribution in [2.24, 2.45) is 0 Å². The number of hydrogen-bond donors (Lipinski definition) is 1. The molecule has 29 heavy (non-hydrogen) atoms. The third-order valence-electron chi connectivity index (χ3n) is 4.60. The van der Waals surface area contributed by atoms with Crippen LogP contribution in [0.3, 0.4) is 0 Å². The van der Waals surface area contributed by atoms with Crippen LogP contribution < -0.4 is 10.3 Å². The van der Waals surface area contributed by atoms with Crippen molar-refractivity contribution in [3.63, 3.8) is 0 Å². The summed E-state index contributed by atoms with van der Waals surface area (Å²) in [5.74, 6) is 1.30. The van der Waals surface area contributed by atoms with Crippen LogP contribution in [0.2, 0.25) is 0 Å². The lowest BCUT2D eigenvalue weighted by atomic mass is 10.0. The normalized spacial score (nSPS) is 11.1. The fraction of sp³-hybridized carbons (Fsp3) is 0.238. The highest BCUT2D eigenvalue weighted by molar-refractivity contribution is 7.98. The molecule has 0 spiro atoms. The SMILES string of the molecule is CCc1[nH]n2c(=O)cc(CSc3nccc(C)n3)nc2c1-c1ccc(OC)cc1. The summed E-state index contributed by atoms with van der Waals surface area (Å²) >= 11 is 1.46. The number of aromatic amines is 1. The number of aryl methyl sites for hydroxylation is 2. The summed E-state index contributed by atoms with van der Waals surface area (Å²) in [5, 5.41) is 3.87. The molecule has 1 N–H and O–H groups in total. The molecule has 4 aromatic rings. The first kappa shape index (κ1) is 19.2. The smallest absolute Gasteiger partial charge is 0.272 e. The number of H-pyrrole nitrogens is 1. The summed E-state index contributed by atoms with van der Waals surface area (Å²) in [7, 11) is 1.64. The van der Waals surface area contributed by atoms with Crippen LogP contribution in [-0.2, 0) is 12.2 Å². The van der Waals surface area contributed by atoms with E-state index in [4.69, 9.17) is 9.72 Å². The van der Waals surface area contributed by atoms with Gasteiger partial charge in [0.25, 0.3) is 5.56 Å². The average Bonchev–Trinajstić information content (AvgIpc) is 3.11. The first-order valence-electron chi connectivity index (χ1n) is 9.29. The quantitative estimate of drug-likeness (QED) is 0.388. The van der Waals surface area contributed by atoms with E-state index in [0.717, 1.165) is 34.7 Å². The Morgan fingerprint density at radius 2 is 1.97 bits per heavy atom. The van der Waals surface area contributed by atoms with Crippen molar-refractivity contribution in [1.29, 1.82) is 0 Å². The van der Waals surface area contributed by atoms with Gasteiger partial charge in [0, 0.05) is 35.0 Å². The Labute approximate surface area is 172 Å². The molecule has 0 aliphatic rings. The van der Waals surface area contributed by atoms with Crippen molar-refractivity contribution in [3.8, 4) is 16.9 Å². The number of ether oxygens (including phenoxy) is 1. The van der Waals surface area contributed by atoms with Gasteiger partial charge in [-0.1, -0.05) is 30.8 Å². The molecule has 8 heteroatoms. The molecule has 0 fully saturated rings. The number of aromatic nitrogens is 5. The standard InChI is InChI=1S/C21H21N5O2S/c1-4-17-19(14-5-7-16(28-3)8-6-14)20-24-15(11-18(27)26(20)25-17)12-29-21-22-10-9-13(2)23-21/h5-11,25H,4,12H2,1-3H3. The van der Waals surface area contributed by atoms with Gasteiger partial charge in [-0.15, -0.1) is 0 Å². The molecule has 3 aromatic heterocycles. The van der Waals surface area contributed by atoms with Crippen LogP contribution in [-0.4, -0.2) is 31.7 Å². The van der Waals surface area contributed by atoms with Gasteiger partial charge in [-0.2, -0.15) is 0 Å². The summed E-state index contributed by atoms with van der Waals surface area (Å²) in [6.07, 6.45) is 2.49. The van der Waals surface area contributed by atoms with Gasteiger partial charge in [-0.3, -0.25) is 9.89 Å². The molecule has 0 bridgehead atoms. The van der Waals surface area contributed by atoms with Crippen LogP contribution in [0, 0.1) is 6.92 Å². The predicted molar refractivity (Wildman–Crippen MR) is 114 cm³/mol. The van der Waals surface area contributed by atoms with E-state index >= 15 is 0 Å². The minimum atomic E-state index is -0.134. The number of nitrogens with zero attached hydrogens (tertiary/aromatic N) is 4. The number of hydrogen-bond acceptors (Lipinski definition) is 6. The van der Waals surface area contributed by atoms with E-state index in [1.807, 2.05) is 37.3 Å². The number of methoxy groups -OCH3 is 1. The van der Waals surface area contributed by atoms with Crippen LogP contribution in [0.15, 0.2) is 52.5 Å². The molecule has 0 amide bonds. The highest BCUT2D eigenvalue weighted by atomic mass is 32.2. The topological polar surface area (TPSA) is 85.2 Å². The average molecular weight is 407 g/mol. The lowest BCUT2D eigenvalue weighted by Crippen LogP contribution is -2.15. The van der Waals surface area contributed by atoms with Crippen molar-refractivity contribution >= 4 is 17.4 Å². The summed E-state index contributed by atoms with van der Waals surface area (Å²) in [6, 6.07) is 11.2. The van der Waals surface area contributed by atoms with Gasteiger partial charge in [-0.25, -0.2) is 19.5 Å². The minimum Gasteiger partial charge on any atom is -0.497 e. The molecule has 0 aliphatic carbocycles. The number of fused-ring (bicyclic) bond motifs is 1. The van der Waals surface area contributed by atoms with E-state index in [-0.39, 0.29) is 5.56 Å². The molecule has 0 aliphatic heterocycles. The van der Waals surface area contributed by atoms with Crippen molar-refractivity contribution < 1.29 is 4.74 Å². The molecule has 1 aromatic carbocycles. The highest BCUT2D eigenvalue weighted by Gasteiger charge is 2.16. The van der Waals surface area contributed by atoms with E-state index in [1.54, 1.807) is 19.4 Å². The lowest BCUT2D eigenvalue weighted by molar-refractivity contribution is 0.415. The van der Waals surface area contributed by atoms with E-state index in [2.05, 4.69) is 22.0 Å². The molecule has 4 rings (SSSR count). The van der Waals surface area contributed by atoms with Gasteiger partial charge in [-0.05, 0) is 37.1 Å². The van der Waals surface area contributed by atoms with E-state index in [1.165, 1.54) is 16.3 Å². The zero-order chi connectivity index (χ0) is 20.4. The maximum atomic E-state index is 12.7. The maximum Gasteiger partial charge on any atom is 0.272 e. The van der Waals surface area contributed by atoms with E-state index in [9.17, 15) is 4.79 Å². The Bertz CT molecular complexity index is 1210. The molecule has 148 valence electrons. The Balaban J connectivity index is 1.75. The Kier molecular flexibility index (Phi) is 5.35. The molecule has 0 saturated carbocycles. The van der Waals surface area contributed by atoms with Crippen molar-refractivity contribution in [2.75, 3.05) is 7.11 Å². The summed E-state index contributed by atoms with van der Waals surface area (Å²) in [6.45, 7) is 3.98. The van der Waals surface area contributed by atoms with Gasteiger partial charge in [0.05, 0.1) is 12.8 Å². The summed E-state index contributed by atoms with van der Waals surface area (Å²) in [4.78, 5) is 26.2. The van der Waals surface area contributed by atoms with E-state index in [0.29, 0.717) is 22.3 Å². The number of benzene rings is 1. The molecule has 0 atom stereocenters. The molecule has 0 radical (unpaired) electrons. The molecule has 0 unspecified atom stereocenters. The zero-order valence-corrected chi connectivity index (χ0v) is 17.3. The first-order valence-corrected chi connectivity index (χ1v) is 10.3. The molecule has 7 nitrogen and oxygen atoms in total. The Hall–Kier alpha value is -3.13. The number of thioether (sulfide) groups is 1. The van der Waals surface area contributed by atoms with E-state index < -0.39 is 0 Å². The van der Waals surface area contributed by atoms with Crippen molar-refractivity contribution in [3.05, 3.63) is 70.0 Å². The fourth-order valence-electron chi connectivity index (χ4n) is 3.16. The largest absolute Gasteiger partial charge is 0.497 e. The zero-order valence-electron chi connectivity index (χ0n) is 16.5. The minimum absolute atomic E-state index is 0.134. The molecular weight excluding hydrogens is 386 g/mol. The summed E-state index contributed by atoms with van der Waals surface area (Å²) < 4.78 is 6.77. The van der Waals surface area contributed by atoms with Crippen molar-refractivity contribution in [1.82, 2.24) is 24.6 Å². The second kappa shape index (κ2) is 8.08. The first-order chi connectivity index (χ1) is 14.1. The van der Waals surface area contributed by atoms with Crippen LogP contribution >= 0.6 is 11.8 Å². The van der Waals surface area contributed by atoms with Crippen LogP contribution in [0.4, 0.5) is 0 Å².